The van der Waals surface area contributed by atoms with Gasteiger partial charge in [0, 0.05) is 12.5 Å². The fourth-order valence-electron chi connectivity index (χ4n) is 3.38. The molecule has 0 aromatic heterocycles. The zero-order valence-electron chi connectivity index (χ0n) is 18.1. The summed E-state index contributed by atoms with van der Waals surface area (Å²) in [5.74, 6) is -7.67. The summed E-state index contributed by atoms with van der Waals surface area (Å²) < 4.78 is 33.3. The van der Waals surface area contributed by atoms with Crippen LogP contribution in [0, 0.1) is 0 Å². The minimum absolute atomic E-state index is 0.0481. The molecule has 2 rings (SSSR count). The molecular weight excluding hydrogens is 482 g/mol. The molecule has 1 aliphatic heterocycles. The average molecular weight is 505 g/mol. The van der Waals surface area contributed by atoms with Crippen molar-refractivity contribution in [1.82, 2.24) is 15.5 Å². The molecule has 0 aliphatic carbocycles. The van der Waals surface area contributed by atoms with Crippen LogP contribution in [0.25, 0.3) is 0 Å². The number of carbonyl (C=O) groups excluding carboxylic acids is 4. The van der Waals surface area contributed by atoms with Crippen LogP contribution in [-0.4, -0.2) is 77.7 Å². The summed E-state index contributed by atoms with van der Waals surface area (Å²) in [6.45, 7) is 0.127. The largest absolute Gasteiger partial charge is 0.496 e. The number of amides is 3. The molecule has 11 nitrogen and oxygen atoms in total. The van der Waals surface area contributed by atoms with Gasteiger partial charge >= 0.3 is 5.97 Å². The number of nitrogens with zero attached hydrogens (tertiary/aromatic N) is 1. The molecule has 0 spiro atoms. The van der Waals surface area contributed by atoms with Crippen molar-refractivity contribution in [3.8, 4) is 5.75 Å². The zero-order chi connectivity index (χ0) is 25.8. The van der Waals surface area contributed by atoms with Crippen molar-refractivity contribution >= 4 is 47.3 Å². The van der Waals surface area contributed by atoms with Crippen LogP contribution in [0.1, 0.15) is 30.1 Å². The van der Waals surface area contributed by atoms with E-state index >= 15 is 0 Å². The first-order chi connectivity index (χ1) is 15.8. The molecule has 1 aliphatic rings. The Labute approximate surface area is 197 Å². The number of nitrogen functional groups attached to an aromatic ring is 1. The summed E-state index contributed by atoms with van der Waals surface area (Å²) in [5, 5.41) is 13.2. The Bertz CT molecular complexity index is 1010. The molecule has 1 aromatic carbocycles. The van der Waals surface area contributed by atoms with Gasteiger partial charge in [-0.1, -0.05) is 11.6 Å². The van der Waals surface area contributed by atoms with Gasteiger partial charge in [0.05, 0.1) is 42.4 Å². The lowest BCUT2D eigenvalue weighted by Gasteiger charge is -2.27. The highest BCUT2D eigenvalue weighted by atomic mass is 35.5. The fourth-order valence-corrected chi connectivity index (χ4v) is 3.55. The number of nitrogens with two attached hydrogens (primary N) is 1. The van der Waals surface area contributed by atoms with Crippen LogP contribution in [-0.2, 0) is 19.2 Å². The highest BCUT2D eigenvalue weighted by Crippen LogP contribution is 2.33. The van der Waals surface area contributed by atoms with Crippen molar-refractivity contribution in [3.63, 3.8) is 0 Å². The lowest BCUT2D eigenvalue weighted by atomic mass is 10.1. The summed E-state index contributed by atoms with van der Waals surface area (Å²) in [7, 11) is 1.28. The van der Waals surface area contributed by atoms with Gasteiger partial charge in [-0.3, -0.25) is 19.2 Å². The van der Waals surface area contributed by atoms with Crippen molar-refractivity contribution < 1.29 is 42.6 Å². The highest BCUT2D eigenvalue weighted by Gasteiger charge is 2.51. The summed E-state index contributed by atoms with van der Waals surface area (Å²) in [5.41, 5.74) is 5.75. The molecular formula is C20H23ClF2N4O7. The molecule has 1 fully saturated rings. The SMILES string of the molecule is COc1cc(N)c(Cl)cc1C(=O)N[C@@H](C)C(=O)N1CC(F)(F)C[C@H]1C(=O)N[C@H](C=O)CC(=O)O. The quantitative estimate of drug-likeness (QED) is 0.277. The Hall–Kier alpha value is -3.48. The first kappa shape index (κ1) is 26.8. The number of anilines is 1. The van der Waals surface area contributed by atoms with Gasteiger partial charge in [0.15, 0.2) is 0 Å². The van der Waals surface area contributed by atoms with Crippen LogP contribution in [0.3, 0.4) is 0 Å². The van der Waals surface area contributed by atoms with Crippen molar-refractivity contribution in [2.45, 2.75) is 43.8 Å². The Morgan fingerprint density at radius 1 is 1.35 bits per heavy atom. The molecule has 186 valence electrons. The maximum atomic E-state index is 14.1. The average Bonchev–Trinajstić information content (AvgIpc) is 3.09. The first-order valence-corrected chi connectivity index (χ1v) is 10.3. The Morgan fingerprint density at radius 3 is 2.56 bits per heavy atom. The number of aliphatic carboxylic acids is 1. The number of methoxy groups -OCH3 is 1. The van der Waals surface area contributed by atoms with E-state index < -0.39 is 67.1 Å². The van der Waals surface area contributed by atoms with E-state index in [9.17, 15) is 32.8 Å². The zero-order valence-corrected chi connectivity index (χ0v) is 18.9. The van der Waals surface area contributed by atoms with Crippen LogP contribution in [0.4, 0.5) is 14.5 Å². The molecule has 3 amide bonds. The standard InChI is InChI=1S/C20H23ClF2N4O7/c1-9(25-17(31)11-4-12(21)13(24)5-15(11)34-2)19(33)27-8-20(22,23)6-14(27)18(32)26-10(7-28)3-16(29)30/h4-5,7,9-10,14H,3,6,8,24H2,1-2H3,(H,25,31)(H,26,32)(H,29,30)/t9-,10-,14-/m0/s1. The van der Waals surface area contributed by atoms with E-state index in [4.69, 9.17) is 27.2 Å². The second kappa shape index (κ2) is 10.6. The number of ether oxygens (including phenoxy) is 1. The van der Waals surface area contributed by atoms with E-state index in [1.54, 1.807) is 0 Å². The molecule has 1 heterocycles. The van der Waals surface area contributed by atoms with Gasteiger partial charge in [0.2, 0.25) is 11.8 Å². The van der Waals surface area contributed by atoms with E-state index in [-0.39, 0.29) is 28.3 Å². The van der Waals surface area contributed by atoms with E-state index in [0.717, 1.165) is 0 Å². The van der Waals surface area contributed by atoms with Crippen molar-refractivity contribution in [3.05, 3.63) is 22.7 Å². The van der Waals surface area contributed by atoms with Crippen molar-refractivity contribution in [2.24, 2.45) is 0 Å². The van der Waals surface area contributed by atoms with Gasteiger partial charge in [-0.2, -0.15) is 0 Å². The number of benzene rings is 1. The predicted octanol–water partition coefficient (Wildman–Crippen LogP) is 0.444. The number of rotatable bonds is 9. The van der Waals surface area contributed by atoms with E-state index in [0.29, 0.717) is 4.90 Å². The highest BCUT2D eigenvalue weighted by molar-refractivity contribution is 6.33. The maximum absolute atomic E-state index is 14.1. The number of hydrogen-bond acceptors (Lipinski definition) is 7. The molecule has 0 saturated carbocycles. The summed E-state index contributed by atoms with van der Waals surface area (Å²) in [6.07, 6.45) is -1.64. The number of likely N-dealkylation sites (tertiary alicyclic amines) is 1. The fraction of sp³-hybridized carbons (Fsp3) is 0.450. The molecule has 1 aromatic rings. The number of halogens is 3. The lowest BCUT2D eigenvalue weighted by molar-refractivity contribution is -0.142. The van der Waals surface area contributed by atoms with Crippen molar-refractivity contribution in [1.29, 1.82) is 0 Å². The maximum Gasteiger partial charge on any atom is 0.305 e. The molecule has 5 N–H and O–H groups in total. The molecule has 14 heteroatoms. The first-order valence-electron chi connectivity index (χ1n) is 9.89. The minimum atomic E-state index is -3.42. The molecule has 0 radical (unpaired) electrons. The molecule has 0 bridgehead atoms. The predicted molar refractivity (Wildman–Crippen MR) is 115 cm³/mol. The molecule has 3 atom stereocenters. The lowest BCUT2D eigenvalue weighted by Crippen LogP contribution is -2.54. The number of hydrogen-bond donors (Lipinski definition) is 4. The normalized spacial score (nSPS) is 18.5. The third-order valence-corrected chi connectivity index (χ3v) is 5.35. The van der Waals surface area contributed by atoms with Gasteiger partial charge in [-0.05, 0) is 13.0 Å². The van der Waals surface area contributed by atoms with E-state index in [2.05, 4.69) is 5.32 Å². The summed E-state index contributed by atoms with van der Waals surface area (Å²) in [4.78, 5) is 60.4. The van der Waals surface area contributed by atoms with Crippen LogP contribution in [0.2, 0.25) is 5.02 Å². The van der Waals surface area contributed by atoms with Gasteiger partial charge in [-0.15, -0.1) is 0 Å². The number of alkyl halides is 2. The number of nitrogens with one attached hydrogen (secondary N) is 2. The van der Waals surface area contributed by atoms with E-state index in [1.165, 1.54) is 26.2 Å². The number of aldehydes is 1. The molecule has 34 heavy (non-hydrogen) atoms. The van der Waals surface area contributed by atoms with Crippen LogP contribution >= 0.6 is 11.6 Å². The third-order valence-electron chi connectivity index (χ3n) is 5.02. The second-order valence-corrected chi connectivity index (χ2v) is 8.07. The Kier molecular flexibility index (Phi) is 8.37. The van der Waals surface area contributed by atoms with E-state index in [1.807, 2.05) is 5.32 Å². The Morgan fingerprint density at radius 2 is 2.00 bits per heavy atom. The number of carboxylic acid groups (broad SMARTS) is 1. The van der Waals surface area contributed by atoms with Gasteiger partial charge in [0.25, 0.3) is 11.8 Å². The smallest absolute Gasteiger partial charge is 0.305 e. The van der Waals surface area contributed by atoms with Crippen LogP contribution in [0.15, 0.2) is 12.1 Å². The van der Waals surface area contributed by atoms with Crippen LogP contribution < -0.4 is 21.1 Å². The Balaban J connectivity index is 2.19. The number of carboxylic acids is 1. The monoisotopic (exact) mass is 504 g/mol. The molecule has 0 unspecified atom stereocenters. The second-order valence-electron chi connectivity index (χ2n) is 7.66. The minimum Gasteiger partial charge on any atom is -0.496 e. The van der Waals surface area contributed by atoms with Gasteiger partial charge in [0.1, 0.15) is 24.1 Å². The third kappa shape index (κ3) is 6.31. The van der Waals surface area contributed by atoms with Crippen LogP contribution in [0.5, 0.6) is 5.75 Å². The number of carbonyl (C=O) groups is 5. The summed E-state index contributed by atoms with van der Waals surface area (Å²) >= 11 is 5.93. The van der Waals surface area contributed by atoms with Crippen molar-refractivity contribution in [2.75, 3.05) is 19.4 Å². The molecule has 1 saturated heterocycles. The summed E-state index contributed by atoms with van der Waals surface area (Å²) in [6, 6.07) is -1.98. The van der Waals surface area contributed by atoms with Gasteiger partial charge < -0.3 is 35.9 Å². The van der Waals surface area contributed by atoms with Gasteiger partial charge in [-0.25, -0.2) is 8.78 Å². The topological polar surface area (TPSA) is 168 Å².